The van der Waals surface area contributed by atoms with E-state index < -0.39 is 5.91 Å². The Bertz CT molecular complexity index is 1150. The number of fused-ring (bicyclic) bond motifs is 1. The van der Waals surface area contributed by atoms with Crippen LogP contribution < -0.4 is 10.6 Å². The summed E-state index contributed by atoms with van der Waals surface area (Å²) in [6.07, 6.45) is 3.14. The van der Waals surface area contributed by atoms with Gasteiger partial charge in [-0.1, -0.05) is 11.3 Å². The van der Waals surface area contributed by atoms with Gasteiger partial charge < -0.3 is 15.2 Å². The van der Waals surface area contributed by atoms with Gasteiger partial charge in [-0.25, -0.2) is 19.3 Å². The van der Waals surface area contributed by atoms with Gasteiger partial charge >= 0.3 is 0 Å². The summed E-state index contributed by atoms with van der Waals surface area (Å²) in [6.45, 7) is 4.41. The van der Waals surface area contributed by atoms with Crippen LogP contribution in [0, 0.1) is 5.82 Å². The Kier molecular flexibility index (Phi) is 5.12. The third-order valence-electron chi connectivity index (χ3n) is 3.90. The second-order valence-electron chi connectivity index (χ2n) is 6.53. The van der Waals surface area contributed by atoms with Gasteiger partial charge in [0.15, 0.2) is 11.5 Å². The molecule has 29 heavy (non-hydrogen) atoms. The number of nitrogens with zero attached hydrogens (tertiary/aromatic N) is 6. The van der Waals surface area contributed by atoms with Crippen LogP contribution in [-0.2, 0) is 6.54 Å². The molecule has 4 rings (SSSR count). The van der Waals surface area contributed by atoms with E-state index in [1.54, 1.807) is 6.33 Å². The third-order valence-corrected chi connectivity index (χ3v) is 4.80. The second kappa shape index (κ2) is 7.87. The zero-order chi connectivity index (χ0) is 20.4. The predicted molar refractivity (Wildman–Crippen MR) is 107 cm³/mol. The molecule has 2 N–H and O–H groups in total. The lowest BCUT2D eigenvalue weighted by Gasteiger charge is -2.08. The molecule has 0 spiro atoms. The van der Waals surface area contributed by atoms with Crippen LogP contribution >= 0.6 is 11.3 Å². The van der Waals surface area contributed by atoms with E-state index in [4.69, 9.17) is 0 Å². The fraction of sp³-hybridized carbons (Fsp3) is 0.222. The van der Waals surface area contributed by atoms with Gasteiger partial charge in [-0.05, 0) is 38.1 Å². The summed E-state index contributed by atoms with van der Waals surface area (Å²) in [7, 11) is 0. The summed E-state index contributed by atoms with van der Waals surface area (Å²) in [5.74, 6) is -0.105. The van der Waals surface area contributed by atoms with Crippen molar-refractivity contribution in [3.8, 4) is 0 Å². The van der Waals surface area contributed by atoms with Gasteiger partial charge in [-0.2, -0.15) is 0 Å². The Morgan fingerprint density at radius 2 is 1.97 bits per heavy atom. The van der Waals surface area contributed by atoms with Gasteiger partial charge in [-0.15, -0.1) is 10.2 Å². The third kappa shape index (κ3) is 4.19. The van der Waals surface area contributed by atoms with Crippen LogP contribution in [0.3, 0.4) is 0 Å². The first-order chi connectivity index (χ1) is 14.0. The molecule has 9 nitrogen and oxygen atoms in total. The number of rotatable bonds is 6. The lowest BCUT2D eigenvalue weighted by molar-refractivity contribution is 0.102. The number of imidazole rings is 1. The Hall–Kier alpha value is -3.47. The largest absolute Gasteiger partial charge is 0.366 e. The predicted octanol–water partition coefficient (Wildman–Crippen LogP) is 2.94. The highest BCUT2D eigenvalue weighted by atomic mass is 32.1. The number of halogens is 1. The first-order valence-corrected chi connectivity index (χ1v) is 9.63. The second-order valence-corrected chi connectivity index (χ2v) is 7.59. The zero-order valence-electron chi connectivity index (χ0n) is 15.6. The van der Waals surface area contributed by atoms with Gasteiger partial charge in [0.25, 0.3) is 5.91 Å². The first-order valence-electron chi connectivity index (χ1n) is 8.81. The molecule has 0 aliphatic rings. The highest BCUT2D eigenvalue weighted by Gasteiger charge is 2.16. The minimum atomic E-state index is -0.401. The number of hydrogen-bond acceptors (Lipinski definition) is 8. The van der Waals surface area contributed by atoms with Crippen molar-refractivity contribution in [1.82, 2.24) is 29.7 Å². The molecule has 0 aliphatic carbocycles. The lowest BCUT2D eigenvalue weighted by atomic mass is 10.3. The first kappa shape index (κ1) is 18.9. The normalized spacial score (nSPS) is 11.2. The van der Waals surface area contributed by atoms with Crippen molar-refractivity contribution in [3.63, 3.8) is 0 Å². The molecule has 3 heterocycles. The maximum absolute atomic E-state index is 13.0. The standard InChI is InChI=1S/C18H17FN8OS/c1-10(2)23-15-14-16(21-8-20-15)27(9-22-14)7-13-25-26-18(29-13)17(28)24-12-5-3-11(19)4-6-12/h3-6,8-10H,7H2,1-2H3,(H,24,28)(H,20,21,23). The molecule has 0 saturated heterocycles. The molecular weight excluding hydrogens is 395 g/mol. The molecule has 1 amide bonds. The molecule has 0 saturated carbocycles. The van der Waals surface area contributed by atoms with Crippen molar-refractivity contribution < 1.29 is 9.18 Å². The molecule has 0 unspecified atom stereocenters. The molecule has 0 atom stereocenters. The average molecular weight is 412 g/mol. The Morgan fingerprint density at radius 1 is 1.17 bits per heavy atom. The molecule has 148 valence electrons. The number of anilines is 2. The van der Waals surface area contributed by atoms with E-state index in [0.29, 0.717) is 34.2 Å². The topological polar surface area (TPSA) is 111 Å². The number of aromatic nitrogens is 6. The Labute approximate surface area is 169 Å². The van der Waals surface area contributed by atoms with E-state index >= 15 is 0 Å². The summed E-state index contributed by atoms with van der Waals surface area (Å²) < 4.78 is 14.8. The molecule has 1 aromatic carbocycles. The zero-order valence-corrected chi connectivity index (χ0v) is 16.4. The van der Waals surface area contributed by atoms with Crippen LogP contribution in [0.5, 0.6) is 0 Å². The summed E-state index contributed by atoms with van der Waals surface area (Å²) in [4.78, 5) is 25.3. The number of carbonyl (C=O) groups is 1. The maximum atomic E-state index is 13.0. The van der Waals surface area contributed by atoms with Gasteiger partial charge in [0, 0.05) is 11.7 Å². The van der Waals surface area contributed by atoms with Gasteiger partial charge in [0.1, 0.15) is 22.7 Å². The lowest BCUT2D eigenvalue weighted by Crippen LogP contribution is -2.11. The van der Waals surface area contributed by atoms with Crippen molar-refractivity contribution in [2.45, 2.75) is 26.4 Å². The van der Waals surface area contributed by atoms with Crippen LogP contribution in [0.4, 0.5) is 15.9 Å². The van der Waals surface area contributed by atoms with Crippen LogP contribution in [0.15, 0.2) is 36.9 Å². The molecule has 0 bridgehead atoms. The van der Waals surface area contributed by atoms with Crippen molar-refractivity contribution in [2.24, 2.45) is 0 Å². The fourth-order valence-corrected chi connectivity index (χ4v) is 3.38. The molecule has 4 aromatic rings. The average Bonchev–Trinajstić information content (AvgIpc) is 3.32. The maximum Gasteiger partial charge on any atom is 0.286 e. The number of nitrogens with one attached hydrogen (secondary N) is 2. The van der Waals surface area contributed by atoms with Crippen LogP contribution in [0.2, 0.25) is 0 Å². The minimum Gasteiger partial charge on any atom is -0.366 e. The monoisotopic (exact) mass is 412 g/mol. The van der Waals surface area contributed by atoms with E-state index in [0.717, 1.165) is 0 Å². The Balaban J connectivity index is 1.50. The Morgan fingerprint density at radius 3 is 2.72 bits per heavy atom. The number of hydrogen-bond donors (Lipinski definition) is 2. The fourth-order valence-electron chi connectivity index (χ4n) is 2.65. The smallest absolute Gasteiger partial charge is 0.286 e. The molecule has 0 radical (unpaired) electrons. The van der Waals surface area contributed by atoms with Gasteiger partial charge in [0.05, 0.1) is 12.9 Å². The minimum absolute atomic E-state index is 0.212. The van der Waals surface area contributed by atoms with Crippen molar-refractivity contribution in [2.75, 3.05) is 10.6 Å². The summed E-state index contributed by atoms with van der Waals surface area (Å²) in [5, 5.41) is 14.8. The van der Waals surface area contributed by atoms with Crippen LogP contribution in [0.1, 0.15) is 28.7 Å². The SMILES string of the molecule is CC(C)Nc1ncnc2c1ncn2Cc1nnc(C(=O)Nc2ccc(F)cc2)s1. The molecule has 11 heteroatoms. The van der Waals surface area contributed by atoms with E-state index in [-0.39, 0.29) is 16.9 Å². The molecular formula is C18H17FN8OS. The summed E-state index contributed by atoms with van der Waals surface area (Å²) in [6, 6.07) is 5.72. The van der Waals surface area contributed by atoms with E-state index in [9.17, 15) is 9.18 Å². The quantitative estimate of drug-likeness (QED) is 0.501. The summed E-state index contributed by atoms with van der Waals surface area (Å²) in [5.41, 5.74) is 1.81. The summed E-state index contributed by atoms with van der Waals surface area (Å²) >= 11 is 1.17. The number of amides is 1. The van der Waals surface area contributed by atoms with Gasteiger partial charge in [0.2, 0.25) is 5.01 Å². The molecule has 3 aromatic heterocycles. The van der Waals surface area contributed by atoms with E-state index in [1.165, 1.54) is 41.9 Å². The van der Waals surface area contributed by atoms with E-state index in [2.05, 4.69) is 35.8 Å². The van der Waals surface area contributed by atoms with Crippen LogP contribution in [-0.4, -0.2) is 41.7 Å². The number of benzene rings is 1. The van der Waals surface area contributed by atoms with Crippen molar-refractivity contribution >= 4 is 39.9 Å². The highest BCUT2D eigenvalue weighted by Crippen LogP contribution is 2.20. The van der Waals surface area contributed by atoms with E-state index in [1.807, 2.05) is 18.4 Å². The number of carbonyl (C=O) groups excluding carboxylic acids is 1. The van der Waals surface area contributed by atoms with Gasteiger partial charge in [-0.3, -0.25) is 4.79 Å². The van der Waals surface area contributed by atoms with Crippen molar-refractivity contribution in [3.05, 3.63) is 52.8 Å². The highest BCUT2D eigenvalue weighted by molar-refractivity contribution is 7.13. The van der Waals surface area contributed by atoms with Crippen LogP contribution in [0.25, 0.3) is 11.2 Å². The molecule has 0 fully saturated rings. The molecule has 0 aliphatic heterocycles. The van der Waals surface area contributed by atoms with Crippen molar-refractivity contribution in [1.29, 1.82) is 0 Å².